The smallest absolute Gasteiger partial charge is 0.363 e. The van der Waals surface area contributed by atoms with Gasteiger partial charge in [-0.2, -0.15) is 10.1 Å². The van der Waals surface area contributed by atoms with Gasteiger partial charge in [0.25, 0.3) is 0 Å². The molecule has 0 bridgehead atoms. The first-order valence-electron chi connectivity index (χ1n) is 17.4. The number of hydrogen-bond acceptors (Lipinski definition) is 12. The highest BCUT2D eigenvalue weighted by Crippen LogP contribution is 2.49. The van der Waals surface area contributed by atoms with E-state index in [0.29, 0.717) is 71.4 Å². The van der Waals surface area contributed by atoms with Gasteiger partial charge in [-0.25, -0.2) is 4.98 Å². The Bertz CT molecular complexity index is 1950. The summed E-state index contributed by atoms with van der Waals surface area (Å²) in [6, 6.07) is 7.80. The lowest BCUT2D eigenvalue weighted by atomic mass is 10.0. The number of nitrogens with one attached hydrogen (secondary N) is 2. The summed E-state index contributed by atoms with van der Waals surface area (Å²) in [5.74, 6) is 1.55. The van der Waals surface area contributed by atoms with Gasteiger partial charge in [-0.1, -0.05) is 12.5 Å². The van der Waals surface area contributed by atoms with Gasteiger partial charge in [-0.3, -0.25) is 18.9 Å². The van der Waals surface area contributed by atoms with E-state index < -0.39 is 7.60 Å². The summed E-state index contributed by atoms with van der Waals surface area (Å²) in [7, 11) is 2.65. The predicted octanol–water partition coefficient (Wildman–Crippen LogP) is 6.00. The van der Waals surface area contributed by atoms with Crippen LogP contribution >= 0.6 is 23.5 Å². The number of nitrogens with zero attached hydrogens (tertiary/aromatic N) is 7. The Morgan fingerprint density at radius 2 is 1.67 bits per heavy atom. The van der Waals surface area contributed by atoms with E-state index in [-0.39, 0.29) is 5.91 Å². The van der Waals surface area contributed by atoms with E-state index >= 15 is 0 Å². The molecule has 2 aliphatic heterocycles. The fourth-order valence-electron chi connectivity index (χ4n) is 6.77. The van der Waals surface area contributed by atoms with Crippen LogP contribution in [0.3, 0.4) is 0 Å². The van der Waals surface area contributed by atoms with Gasteiger partial charge in [0.1, 0.15) is 11.6 Å². The van der Waals surface area contributed by atoms with Crippen molar-refractivity contribution in [1.29, 1.82) is 0 Å². The van der Waals surface area contributed by atoms with Crippen molar-refractivity contribution in [3.05, 3.63) is 58.5 Å². The number of likely N-dealkylation sites (tertiary alicyclic amines) is 1. The van der Waals surface area contributed by atoms with Crippen molar-refractivity contribution < 1.29 is 23.1 Å². The van der Waals surface area contributed by atoms with E-state index in [1.54, 1.807) is 18.0 Å². The largest absolute Gasteiger partial charge is 0.494 e. The summed E-state index contributed by atoms with van der Waals surface area (Å²) in [6.07, 6.45) is 9.03. The van der Waals surface area contributed by atoms with E-state index in [1.165, 1.54) is 33.5 Å². The maximum absolute atomic E-state index is 13.6. The normalized spacial score (nSPS) is 15.5. The number of aromatic nitrogens is 4. The third-order valence-corrected chi connectivity index (χ3v) is 12.5. The fraction of sp³-hybridized carbons (Fsp3) is 0.444. The van der Waals surface area contributed by atoms with Crippen molar-refractivity contribution in [3.8, 4) is 16.9 Å². The van der Waals surface area contributed by atoms with Crippen molar-refractivity contribution in [2.24, 2.45) is 7.05 Å². The van der Waals surface area contributed by atoms with Crippen LogP contribution in [-0.2, 0) is 25.5 Å². The first-order chi connectivity index (χ1) is 25.0. The number of piperazine rings is 1. The lowest BCUT2D eigenvalue weighted by Crippen LogP contribution is -2.51. The standard InChI is InChI=1S/C36H47BrN9O5P/c1-24-10-11-29(34(25(24)2)52(48,50-5)51-6)40-35-28(37)21-38-36(42-35)41-30-18-27(26-20-39-43(3)22-26)31(19-32(30)49-4)45-14-16-46(17-15-45)33(47)23-44-12-8-7-9-13-44/h10-11,18-22H,7-9,12-17,23H2,1-6H3,(H2,38,40,41,42). The second-order valence-corrected chi connectivity index (χ2v) is 16.1. The van der Waals surface area contributed by atoms with Crippen LogP contribution in [0.1, 0.15) is 30.4 Å². The highest BCUT2D eigenvalue weighted by atomic mass is 79.9. The molecule has 0 radical (unpaired) electrons. The van der Waals surface area contributed by atoms with E-state index in [0.717, 1.165) is 41.0 Å². The van der Waals surface area contributed by atoms with Crippen LogP contribution < -0.4 is 25.6 Å². The molecule has 2 saturated heterocycles. The molecule has 2 aliphatic rings. The average Bonchev–Trinajstić information content (AvgIpc) is 3.60. The van der Waals surface area contributed by atoms with Crippen LogP contribution in [0.15, 0.2) is 47.3 Å². The third-order valence-electron chi connectivity index (χ3n) is 9.81. The average molecular weight is 797 g/mol. The summed E-state index contributed by atoms with van der Waals surface area (Å²) >= 11 is 3.57. The quantitative estimate of drug-likeness (QED) is 0.163. The zero-order valence-electron chi connectivity index (χ0n) is 30.6. The number of carbonyl (C=O) groups is 1. The Morgan fingerprint density at radius 3 is 2.33 bits per heavy atom. The Hall–Kier alpha value is -4.01. The molecule has 0 unspecified atom stereocenters. The van der Waals surface area contributed by atoms with Gasteiger partial charge in [-0.05, 0) is 79.0 Å². The van der Waals surface area contributed by atoms with Crippen molar-refractivity contribution >= 4 is 63.6 Å². The number of benzene rings is 2. The lowest BCUT2D eigenvalue weighted by Gasteiger charge is -2.38. The summed E-state index contributed by atoms with van der Waals surface area (Å²) < 4.78 is 32.7. The highest BCUT2D eigenvalue weighted by molar-refractivity contribution is 9.10. The molecule has 0 saturated carbocycles. The number of carbonyl (C=O) groups excluding carboxylic acids is 1. The molecule has 1 amide bonds. The van der Waals surface area contributed by atoms with Gasteiger partial charge in [0.2, 0.25) is 11.9 Å². The van der Waals surface area contributed by atoms with Crippen molar-refractivity contribution in [2.75, 3.05) is 82.7 Å². The summed E-state index contributed by atoms with van der Waals surface area (Å²) in [5.41, 5.74) is 5.81. The van der Waals surface area contributed by atoms with Crippen LogP contribution in [0.25, 0.3) is 11.1 Å². The van der Waals surface area contributed by atoms with Crippen LogP contribution in [0.2, 0.25) is 0 Å². The van der Waals surface area contributed by atoms with Gasteiger partial charge in [0, 0.05) is 82.7 Å². The lowest BCUT2D eigenvalue weighted by molar-refractivity contribution is -0.132. The molecular formula is C36H47BrN9O5P. The monoisotopic (exact) mass is 795 g/mol. The second kappa shape index (κ2) is 16.3. The molecule has 4 heterocycles. The fourth-order valence-corrected chi connectivity index (χ4v) is 8.59. The van der Waals surface area contributed by atoms with Crippen molar-refractivity contribution in [2.45, 2.75) is 33.1 Å². The highest BCUT2D eigenvalue weighted by Gasteiger charge is 2.31. The van der Waals surface area contributed by atoms with E-state index in [4.69, 9.17) is 18.8 Å². The molecule has 6 rings (SSSR count). The first-order valence-corrected chi connectivity index (χ1v) is 19.7. The Kier molecular flexibility index (Phi) is 11.9. The Labute approximate surface area is 313 Å². The molecule has 2 N–H and O–H groups in total. The topological polar surface area (TPSA) is 139 Å². The molecule has 16 heteroatoms. The van der Waals surface area contributed by atoms with Crippen LogP contribution in [-0.4, -0.2) is 103 Å². The molecule has 14 nitrogen and oxygen atoms in total. The van der Waals surface area contributed by atoms with E-state index in [1.807, 2.05) is 62.5 Å². The van der Waals surface area contributed by atoms with Crippen LogP contribution in [0.4, 0.5) is 28.8 Å². The molecular weight excluding hydrogens is 749 g/mol. The minimum absolute atomic E-state index is 0.203. The number of ether oxygens (including phenoxy) is 1. The molecule has 0 aliphatic carbocycles. The maximum Gasteiger partial charge on any atom is 0.363 e. The van der Waals surface area contributed by atoms with E-state index in [2.05, 4.69) is 46.4 Å². The van der Waals surface area contributed by atoms with Gasteiger partial charge in [0.15, 0.2) is 0 Å². The van der Waals surface area contributed by atoms with Crippen LogP contribution in [0.5, 0.6) is 5.75 Å². The minimum atomic E-state index is -3.62. The number of rotatable bonds is 12. The zero-order valence-corrected chi connectivity index (χ0v) is 33.1. The molecule has 2 aromatic heterocycles. The molecule has 278 valence electrons. The molecule has 52 heavy (non-hydrogen) atoms. The van der Waals surface area contributed by atoms with Gasteiger partial charge < -0.3 is 34.2 Å². The first kappa shape index (κ1) is 37.7. The molecule has 4 aromatic rings. The second-order valence-electron chi connectivity index (χ2n) is 13.1. The number of aryl methyl sites for hydroxylation is 2. The summed E-state index contributed by atoms with van der Waals surface area (Å²) in [6.45, 7) is 9.01. The number of anilines is 5. The molecule has 2 aromatic carbocycles. The van der Waals surface area contributed by atoms with Gasteiger partial charge in [0.05, 0.1) is 41.0 Å². The number of hydrogen-bond donors (Lipinski definition) is 2. The zero-order chi connectivity index (χ0) is 37.0. The van der Waals surface area contributed by atoms with Crippen LogP contribution in [0, 0.1) is 13.8 Å². The summed E-state index contributed by atoms with van der Waals surface area (Å²) in [4.78, 5) is 29.1. The van der Waals surface area contributed by atoms with Gasteiger partial charge in [-0.15, -0.1) is 0 Å². The summed E-state index contributed by atoms with van der Waals surface area (Å²) in [5, 5.41) is 11.6. The third kappa shape index (κ3) is 8.13. The minimum Gasteiger partial charge on any atom is -0.494 e. The molecule has 0 spiro atoms. The van der Waals surface area contributed by atoms with Crippen molar-refractivity contribution in [3.63, 3.8) is 0 Å². The molecule has 2 fully saturated rings. The van der Waals surface area contributed by atoms with Gasteiger partial charge >= 0.3 is 7.60 Å². The van der Waals surface area contributed by atoms with E-state index in [9.17, 15) is 9.36 Å². The predicted molar refractivity (Wildman–Crippen MR) is 208 cm³/mol. The maximum atomic E-state index is 13.6. The Morgan fingerprint density at radius 1 is 0.942 bits per heavy atom. The van der Waals surface area contributed by atoms with Crippen molar-refractivity contribution in [1.82, 2.24) is 29.5 Å². The number of methoxy groups -OCH3 is 1. The number of halogens is 1. The number of amides is 1. The molecule has 0 atom stereocenters. The Balaban J connectivity index is 1.27. The number of piperidine rings is 1. The SMILES string of the molecule is COc1cc(N2CCN(C(=O)CN3CCCCC3)CC2)c(-c2cnn(C)c2)cc1Nc1ncc(Br)c(Nc2ccc(C)c(C)c2P(=O)(OC)OC)n1.